The smallest absolute Gasteiger partial charge is 0.350 e. The number of aromatic nitrogens is 3. The van der Waals surface area contributed by atoms with Crippen LogP contribution in [0.1, 0.15) is 5.76 Å². The van der Waals surface area contributed by atoms with E-state index in [9.17, 15) is 23.3 Å². The Morgan fingerprint density at radius 2 is 1.73 bits per heavy atom. The molecular weight excluding hydrogens is 425 g/mol. The van der Waals surface area contributed by atoms with Crippen molar-refractivity contribution in [3.05, 3.63) is 82.0 Å². The highest BCUT2D eigenvalue weighted by atomic mass is 35.5. The first kappa shape index (κ1) is 19.6. The number of benzene rings is 2. The van der Waals surface area contributed by atoms with Gasteiger partial charge in [0, 0.05) is 34.6 Å². The number of hydrogen-bond acceptors (Lipinski definition) is 5. The summed E-state index contributed by atoms with van der Waals surface area (Å²) in [7, 11) is 0. The summed E-state index contributed by atoms with van der Waals surface area (Å²) in [6, 6.07) is 11.6. The fourth-order valence-corrected chi connectivity index (χ4v) is 2.99. The van der Waals surface area contributed by atoms with Gasteiger partial charge in [-0.1, -0.05) is 28.9 Å². The molecule has 2 aromatic heterocycles. The summed E-state index contributed by atoms with van der Waals surface area (Å²) in [4.78, 5) is 14.3. The molecule has 4 rings (SSSR count). The van der Waals surface area contributed by atoms with Crippen molar-refractivity contribution in [1.82, 2.24) is 14.7 Å². The highest BCUT2D eigenvalue weighted by molar-refractivity contribution is 6.30. The second kappa shape index (κ2) is 7.30. The predicted molar refractivity (Wildman–Crippen MR) is 101 cm³/mol. The van der Waals surface area contributed by atoms with Crippen LogP contribution < -0.4 is 0 Å². The van der Waals surface area contributed by atoms with Crippen LogP contribution in [-0.2, 0) is 6.18 Å². The first-order valence-corrected chi connectivity index (χ1v) is 8.74. The molecule has 2 aromatic carbocycles. The lowest BCUT2D eigenvalue weighted by molar-refractivity contribution is -0.384. The van der Waals surface area contributed by atoms with Crippen LogP contribution in [0.5, 0.6) is 0 Å². The first-order valence-electron chi connectivity index (χ1n) is 8.36. The Morgan fingerprint density at radius 3 is 2.33 bits per heavy atom. The normalized spacial score (nSPS) is 11.6. The van der Waals surface area contributed by atoms with Gasteiger partial charge in [-0.2, -0.15) is 13.2 Å². The van der Waals surface area contributed by atoms with Gasteiger partial charge in [0.2, 0.25) is 5.76 Å². The molecule has 0 aliphatic rings. The van der Waals surface area contributed by atoms with Gasteiger partial charge in [-0.25, -0.2) is 4.98 Å². The van der Waals surface area contributed by atoms with Gasteiger partial charge < -0.3 is 9.09 Å². The van der Waals surface area contributed by atoms with Gasteiger partial charge in [-0.15, -0.1) is 0 Å². The highest BCUT2D eigenvalue weighted by Gasteiger charge is 2.41. The zero-order chi connectivity index (χ0) is 21.5. The molecule has 0 aliphatic heterocycles. The summed E-state index contributed by atoms with van der Waals surface area (Å²) >= 11 is 5.85. The minimum absolute atomic E-state index is 0.0214. The lowest BCUT2D eigenvalue weighted by Gasteiger charge is -2.05. The number of nitrogens with zero attached hydrogens (tertiary/aromatic N) is 4. The van der Waals surface area contributed by atoms with Gasteiger partial charge in [0.05, 0.1) is 22.5 Å². The Kier molecular flexibility index (Phi) is 4.78. The van der Waals surface area contributed by atoms with Gasteiger partial charge >= 0.3 is 6.18 Å². The fourth-order valence-electron chi connectivity index (χ4n) is 2.87. The molecule has 0 aliphatic carbocycles. The van der Waals surface area contributed by atoms with Gasteiger partial charge in [-0.05, 0) is 24.3 Å². The van der Waals surface area contributed by atoms with Gasteiger partial charge in [-0.3, -0.25) is 10.1 Å². The van der Waals surface area contributed by atoms with E-state index in [2.05, 4.69) is 14.7 Å². The van der Waals surface area contributed by atoms with E-state index in [-0.39, 0.29) is 22.6 Å². The Labute approximate surface area is 171 Å². The Bertz CT molecular complexity index is 1220. The SMILES string of the molecule is O=[N+]([O-])c1ccc(-n2cnc(-c3c(-c4ccc(Cl)cc4)noc3C(F)(F)F)c2)cc1. The Hall–Kier alpha value is -3.66. The number of halogens is 4. The average molecular weight is 435 g/mol. The molecule has 0 saturated carbocycles. The summed E-state index contributed by atoms with van der Waals surface area (Å²) in [5.41, 5.74) is 0.378. The summed E-state index contributed by atoms with van der Waals surface area (Å²) in [5.74, 6) is -1.28. The summed E-state index contributed by atoms with van der Waals surface area (Å²) < 4.78 is 46.6. The molecule has 30 heavy (non-hydrogen) atoms. The van der Waals surface area contributed by atoms with Crippen LogP contribution in [0.2, 0.25) is 5.02 Å². The van der Waals surface area contributed by atoms with Crippen LogP contribution in [0.3, 0.4) is 0 Å². The van der Waals surface area contributed by atoms with E-state index in [4.69, 9.17) is 11.6 Å². The molecule has 0 bridgehead atoms. The number of nitro benzene ring substituents is 1. The molecule has 4 aromatic rings. The third-order valence-electron chi connectivity index (χ3n) is 4.26. The zero-order valence-electron chi connectivity index (χ0n) is 14.8. The molecule has 0 fully saturated rings. The van der Waals surface area contributed by atoms with Crippen molar-refractivity contribution in [3.63, 3.8) is 0 Å². The van der Waals surface area contributed by atoms with Crippen molar-refractivity contribution >= 4 is 17.3 Å². The molecule has 2 heterocycles. The lowest BCUT2D eigenvalue weighted by atomic mass is 10.0. The Balaban J connectivity index is 1.81. The van der Waals surface area contributed by atoms with Crippen LogP contribution in [0.15, 0.2) is 65.6 Å². The summed E-state index contributed by atoms with van der Waals surface area (Å²) in [6.07, 6.45) is -2.12. The molecule has 0 spiro atoms. The molecule has 0 unspecified atom stereocenters. The number of nitro groups is 1. The van der Waals surface area contributed by atoms with Crippen LogP contribution in [0.4, 0.5) is 18.9 Å². The second-order valence-corrected chi connectivity index (χ2v) is 6.62. The van der Waals surface area contributed by atoms with Crippen molar-refractivity contribution in [3.8, 4) is 28.2 Å². The quantitative estimate of drug-likeness (QED) is 0.300. The lowest BCUT2D eigenvalue weighted by Crippen LogP contribution is -2.05. The van der Waals surface area contributed by atoms with Crippen LogP contribution in [0, 0.1) is 10.1 Å². The van der Waals surface area contributed by atoms with Gasteiger partial charge in [0.1, 0.15) is 5.69 Å². The third-order valence-corrected chi connectivity index (χ3v) is 4.52. The number of alkyl halides is 3. The van der Waals surface area contributed by atoms with Crippen LogP contribution in [-0.4, -0.2) is 19.6 Å². The monoisotopic (exact) mass is 434 g/mol. The van der Waals surface area contributed by atoms with Crippen LogP contribution in [0.25, 0.3) is 28.2 Å². The average Bonchev–Trinajstić information content (AvgIpc) is 3.35. The topological polar surface area (TPSA) is 87.0 Å². The molecule has 0 atom stereocenters. The molecule has 0 radical (unpaired) electrons. The molecule has 0 saturated heterocycles. The van der Waals surface area contributed by atoms with Gasteiger partial charge in [0.25, 0.3) is 5.69 Å². The molecule has 152 valence electrons. The molecule has 0 N–H and O–H groups in total. The number of imidazole rings is 1. The molecular formula is C19H10ClF3N4O3. The predicted octanol–water partition coefficient (Wildman–Crippen LogP) is 5.77. The maximum Gasteiger partial charge on any atom is 0.453 e. The summed E-state index contributed by atoms with van der Waals surface area (Å²) in [6.45, 7) is 0. The fraction of sp³-hybridized carbons (Fsp3) is 0.0526. The van der Waals surface area contributed by atoms with E-state index >= 15 is 0 Å². The molecule has 11 heteroatoms. The van der Waals surface area contributed by atoms with E-state index in [1.54, 1.807) is 0 Å². The first-order chi connectivity index (χ1) is 14.2. The van der Waals surface area contributed by atoms with E-state index < -0.39 is 16.9 Å². The van der Waals surface area contributed by atoms with E-state index in [1.165, 1.54) is 65.6 Å². The largest absolute Gasteiger partial charge is 0.453 e. The highest BCUT2D eigenvalue weighted by Crippen LogP contribution is 2.42. The summed E-state index contributed by atoms with van der Waals surface area (Å²) in [5, 5.41) is 14.8. The standard InChI is InChI=1S/C19H10ClF3N4O3/c20-12-3-1-11(2-4-12)17-16(18(30-25-17)19(21,22)23)15-9-26(10-24-15)13-5-7-14(8-6-13)27(28)29/h1-10H. The molecule has 0 amide bonds. The Morgan fingerprint density at radius 1 is 1.07 bits per heavy atom. The van der Waals surface area contributed by atoms with Crippen molar-refractivity contribution in [1.29, 1.82) is 0 Å². The maximum absolute atomic E-state index is 13.5. The third kappa shape index (κ3) is 3.64. The number of rotatable bonds is 4. The zero-order valence-corrected chi connectivity index (χ0v) is 15.6. The van der Waals surface area contributed by atoms with Gasteiger partial charge in [0.15, 0.2) is 0 Å². The van der Waals surface area contributed by atoms with Crippen molar-refractivity contribution in [2.45, 2.75) is 6.18 Å². The van der Waals surface area contributed by atoms with Crippen LogP contribution >= 0.6 is 11.6 Å². The van der Waals surface area contributed by atoms with Crippen molar-refractivity contribution in [2.24, 2.45) is 0 Å². The minimum Gasteiger partial charge on any atom is -0.350 e. The minimum atomic E-state index is -4.79. The number of hydrogen-bond donors (Lipinski definition) is 0. The van der Waals surface area contributed by atoms with Crippen molar-refractivity contribution in [2.75, 3.05) is 0 Å². The van der Waals surface area contributed by atoms with E-state index in [1.807, 2.05) is 0 Å². The maximum atomic E-state index is 13.5. The van der Waals surface area contributed by atoms with Crippen molar-refractivity contribution < 1.29 is 22.6 Å². The van der Waals surface area contributed by atoms with E-state index in [0.717, 1.165) is 0 Å². The number of non-ortho nitro benzene ring substituents is 1. The second-order valence-electron chi connectivity index (χ2n) is 6.18. The van der Waals surface area contributed by atoms with E-state index in [0.29, 0.717) is 16.3 Å². The molecule has 7 nitrogen and oxygen atoms in total.